The van der Waals surface area contributed by atoms with E-state index in [1.165, 1.54) is 3.57 Å². The van der Waals surface area contributed by atoms with Gasteiger partial charge in [0.2, 0.25) is 0 Å². The summed E-state index contributed by atoms with van der Waals surface area (Å²) in [5.41, 5.74) is 2.09. The van der Waals surface area contributed by atoms with Crippen LogP contribution in [0.3, 0.4) is 0 Å². The fourth-order valence-corrected chi connectivity index (χ4v) is 2.30. The van der Waals surface area contributed by atoms with Crippen LogP contribution in [0.4, 0.5) is 17.3 Å². The maximum absolute atomic E-state index is 4.57. The number of halogens is 1. The van der Waals surface area contributed by atoms with Crippen molar-refractivity contribution in [3.05, 3.63) is 39.2 Å². The molecule has 19 heavy (non-hydrogen) atoms. The topological polar surface area (TPSA) is 49.8 Å². The molecule has 1 heterocycles. The van der Waals surface area contributed by atoms with E-state index in [0.717, 1.165) is 35.1 Å². The van der Waals surface area contributed by atoms with Crippen LogP contribution in [-0.2, 0) is 6.42 Å². The third kappa shape index (κ3) is 3.15. The lowest BCUT2D eigenvalue weighted by Gasteiger charge is -2.14. The number of anilines is 3. The first kappa shape index (κ1) is 14.0. The van der Waals surface area contributed by atoms with Gasteiger partial charge in [0.25, 0.3) is 0 Å². The van der Waals surface area contributed by atoms with Crippen LogP contribution in [-0.4, -0.2) is 17.0 Å². The summed E-state index contributed by atoms with van der Waals surface area (Å²) in [6.45, 7) is 4.07. The van der Waals surface area contributed by atoms with Crippen molar-refractivity contribution in [1.82, 2.24) is 9.97 Å². The highest BCUT2D eigenvalue weighted by molar-refractivity contribution is 14.1. The largest absolute Gasteiger partial charge is 0.373 e. The maximum atomic E-state index is 4.57. The van der Waals surface area contributed by atoms with Crippen molar-refractivity contribution >= 4 is 39.9 Å². The zero-order valence-electron chi connectivity index (χ0n) is 11.3. The lowest BCUT2D eigenvalue weighted by molar-refractivity contribution is 0.935. The van der Waals surface area contributed by atoms with Crippen molar-refractivity contribution < 1.29 is 0 Å². The van der Waals surface area contributed by atoms with Gasteiger partial charge < -0.3 is 10.6 Å². The molecule has 0 saturated carbocycles. The van der Waals surface area contributed by atoms with Gasteiger partial charge in [0.15, 0.2) is 0 Å². The summed E-state index contributed by atoms with van der Waals surface area (Å²) < 4.78 is 1.17. The van der Waals surface area contributed by atoms with Crippen LogP contribution in [0, 0.1) is 10.5 Å². The molecule has 0 saturated heterocycles. The highest BCUT2D eigenvalue weighted by atomic mass is 127. The van der Waals surface area contributed by atoms with E-state index in [2.05, 4.69) is 56.2 Å². The fourth-order valence-electron chi connectivity index (χ4n) is 1.78. The molecule has 0 radical (unpaired) electrons. The minimum absolute atomic E-state index is 0.815. The molecule has 2 N–H and O–H groups in total. The lowest BCUT2D eigenvalue weighted by atomic mass is 10.2. The number of aromatic nitrogens is 2. The fraction of sp³-hybridized carbons (Fsp3) is 0.286. The normalized spacial score (nSPS) is 10.3. The molecule has 0 unspecified atom stereocenters. The Kier molecular flexibility index (Phi) is 4.57. The molecule has 5 heteroatoms. The number of benzene rings is 1. The van der Waals surface area contributed by atoms with E-state index < -0.39 is 0 Å². The molecule has 0 spiro atoms. The van der Waals surface area contributed by atoms with Gasteiger partial charge in [-0.25, -0.2) is 9.97 Å². The quantitative estimate of drug-likeness (QED) is 0.808. The molecule has 0 aliphatic heterocycles. The molecule has 2 rings (SSSR count). The first-order valence-electron chi connectivity index (χ1n) is 6.22. The Bertz CT molecular complexity index is 584. The number of nitrogens with zero attached hydrogens (tertiary/aromatic N) is 2. The minimum atomic E-state index is 0.815. The number of rotatable bonds is 4. The Morgan fingerprint density at radius 3 is 2.47 bits per heavy atom. The third-order valence-corrected chi connectivity index (χ3v) is 3.81. The second kappa shape index (κ2) is 6.18. The molecule has 2 aromatic rings. The van der Waals surface area contributed by atoms with Crippen molar-refractivity contribution in [3.63, 3.8) is 0 Å². The molecule has 1 aromatic heterocycles. The van der Waals surface area contributed by atoms with Crippen molar-refractivity contribution in [2.75, 3.05) is 17.7 Å². The highest BCUT2D eigenvalue weighted by Crippen LogP contribution is 2.26. The lowest BCUT2D eigenvalue weighted by Crippen LogP contribution is -2.07. The van der Waals surface area contributed by atoms with E-state index in [1.807, 2.05) is 32.2 Å². The summed E-state index contributed by atoms with van der Waals surface area (Å²) >= 11 is 2.31. The number of hydrogen-bond donors (Lipinski definition) is 2. The van der Waals surface area contributed by atoms with Crippen LogP contribution < -0.4 is 10.6 Å². The van der Waals surface area contributed by atoms with Crippen LogP contribution in [0.25, 0.3) is 0 Å². The summed E-state index contributed by atoms with van der Waals surface area (Å²) in [5, 5.41) is 6.51. The van der Waals surface area contributed by atoms with E-state index in [4.69, 9.17) is 0 Å². The molecule has 0 aliphatic carbocycles. The first-order chi connectivity index (χ1) is 9.15. The van der Waals surface area contributed by atoms with Crippen LogP contribution in [0.15, 0.2) is 24.3 Å². The van der Waals surface area contributed by atoms with Gasteiger partial charge in [-0.15, -0.1) is 0 Å². The summed E-state index contributed by atoms with van der Waals surface area (Å²) in [6.07, 6.45) is 0.815. The predicted octanol–water partition coefficient (Wildman–Crippen LogP) is 3.74. The molecule has 0 bridgehead atoms. The molecular formula is C14H17IN4. The summed E-state index contributed by atoms with van der Waals surface area (Å²) in [7, 11) is 1.88. The van der Waals surface area contributed by atoms with Gasteiger partial charge in [0, 0.05) is 22.6 Å². The van der Waals surface area contributed by atoms with Gasteiger partial charge in [0.05, 0.1) is 5.69 Å². The van der Waals surface area contributed by atoms with Crippen LogP contribution in [0.5, 0.6) is 0 Å². The Morgan fingerprint density at radius 2 is 1.84 bits per heavy atom. The van der Waals surface area contributed by atoms with Crippen molar-refractivity contribution in [2.24, 2.45) is 0 Å². The second-order valence-corrected chi connectivity index (χ2v) is 5.33. The van der Waals surface area contributed by atoms with Crippen LogP contribution >= 0.6 is 22.6 Å². The molecule has 4 nitrogen and oxygen atoms in total. The smallest absolute Gasteiger partial charge is 0.139 e. The van der Waals surface area contributed by atoms with E-state index in [9.17, 15) is 0 Å². The zero-order valence-corrected chi connectivity index (χ0v) is 13.4. The number of nitrogens with one attached hydrogen (secondary N) is 2. The maximum Gasteiger partial charge on any atom is 0.139 e. The molecule has 0 aliphatic rings. The van der Waals surface area contributed by atoms with Crippen molar-refractivity contribution in [1.29, 1.82) is 0 Å². The zero-order chi connectivity index (χ0) is 13.8. The van der Waals surface area contributed by atoms with Crippen LogP contribution in [0.1, 0.15) is 18.3 Å². The van der Waals surface area contributed by atoms with Gasteiger partial charge in [-0.2, -0.15) is 0 Å². The predicted molar refractivity (Wildman–Crippen MR) is 88.1 cm³/mol. The van der Waals surface area contributed by atoms with Gasteiger partial charge in [-0.3, -0.25) is 0 Å². The number of para-hydroxylation sites is 1. The second-order valence-electron chi connectivity index (χ2n) is 4.17. The van der Waals surface area contributed by atoms with E-state index >= 15 is 0 Å². The van der Waals surface area contributed by atoms with Gasteiger partial charge in [0.1, 0.15) is 17.5 Å². The molecule has 1 aromatic carbocycles. The average molecular weight is 368 g/mol. The Hall–Kier alpha value is -1.37. The first-order valence-corrected chi connectivity index (χ1v) is 7.30. The van der Waals surface area contributed by atoms with Gasteiger partial charge in [-0.05, 0) is 41.6 Å². The van der Waals surface area contributed by atoms with Crippen LogP contribution in [0.2, 0.25) is 0 Å². The number of hydrogen-bond acceptors (Lipinski definition) is 4. The molecule has 100 valence electrons. The Labute approximate surface area is 127 Å². The summed E-state index contributed by atoms with van der Waals surface area (Å²) in [6, 6.07) is 8.16. The molecule has 0 fully saturated rings. The Balaban J connectivity index is 2.42. The average Bonchev–Trinajstić information content (AvgIpc) is 2.43. The van der Waals surface area contributed by atoms with Crippen molar-refractivity contribution in [2.45, 2.75) is 20.3 Å². The van der Waals surface area contributed by atoms with Gasteiger partial charge in [-0.1, -0.05) is 19.1 Å². The molecule has 0 atom stereocenters. The van der Waals surface area contributed by atoms with Crippen molar-refractivity contribution in [3.8, 4) is 0 Å². The number of aryl methyl sites for hydroxylation is 1. The van der Waals surface area contributed by atoms with E-state index in [1.54, 1.807) is 0 Å². The standard InChI is InChI=1S/C14H17IN4/c1-4-12-18-13(16-3)9(2)14(19-12)17-11-8-6-5-7-10(11)15/h5-8H,4H2,1-3H3,(H2,16,17,18,19). The minimum Gasteiger partial charge on any atom is -0.373 e. The third-order valence-electron chi connectivity index (χ3n) is 2.87. The molecular weight excluding hydrogens is 351 g/mol. The molecule has 0 amide bonds. The SMILES string of the molecule is CCc1nc(NC)c(C)c(Nc2ccccc2I)n1. The van der Waals surface area contributed by atoms with E-state index in [0.29, 0.717) is 0 Å². The highest BCUT2D eigenvalue weighted by Gasteiger charge is 2.10. The Morgan fingerprint density at radius 1 is 1.16 bits per heavy atom. The summed E-state index contributed by atoms with van der Waals surface area (Å²) in [5.74, 6) is 2.57. The summed E-state index contributed by atoms with van der Waals surface area (Å²) in [4.78, 5) is 9.04. The van der Waals surface area contributed by atoms with E-state index in [-0.39, 0.29) is 0 Å². The monoisotopic (exact) mass is 368 g/mol. The van der Waals surface area contributed by atoms with Gasteiger partial charge >= 0.3 is 0 Å².